The first-order chi connectivity index (χ1) is 7.12. The Balaban J connectivity index is 1.94. The summed E-state index contributed by atoms with van der Waals surface area (Å²) in [5.41, 5.74) is 0.507. The van der Waals surface area contributed by atoms with E-state index < -0.39 is 5.97 Å². The third-order valence-corrected chi connectivity index (χ3v) is 3.36. The summed E-state index contributed by atoms with van der Waals surface area (Å²) in [5.74, 6) is -0.683. The van der Waals surface area contributed by atoms with E-state index in [2.05, 4.69) is 12.2 Å². The molecule has 1 rings (SSSR count). The van der Waals surface area contributed by atoms with Gasteiger partial charge in [-0.15, -0.1) is 0 Å². The Bertz CT molecular complexity index is 198. The zero-order valence-electron chi connectivity index (χ0n) is 9.72. The van der Waals surface area contributed by atoms with Crippen molar-refractivity contribution >= 4 is 5.97 Å². The highest BCUT2D eigenvalue weighted by Gasteiger charge is 2.27. The maximum Gasteiger partial charge on any atom is 0.303 e. The molecule has 1 aliphatic rings. The average molecular weight is 213 g/mol. The molecule has 0 bridgehead atoms. The van der Waals surface area contributed by atoms with Crippen LogP contribution in [0.4, 0.5) is 0 Å². The number of carboxylic acids is 1. The van der Waals surface area contributed by atoms with Gasteiger partial charge in [0.05, 0.1) is 0 Å². The molecule has 0 aliphatic heterocycles. The molecule has 1 fully saturated rings. The molecule has 0 aromatic carbocycles. The van der Waals surface area contributed by atoms with Gasteiger partial charge < -0.3 is 10.4 Å². The average Bonchev–Trinajstić information content (AvgIpc) is 2.58. The lowest BCUT2D eigenvalue weighted by Crippen LogP contribution is -2.30. The monoisotopic (exact) mass is 213 g/mol. The minimum Gasteiger partial charge on any atom is -0.481 e. The Labute approximate surface area is 92.3 Å². The highest BCUT2D eigenvalue weighted by atomic mass is 16.4. The molecule has 15 heavy (non-hydrogen) atoms. The normalized spacial score (nSPS) is 19.3. The molecule has 88 valence electrons. The summed E-state index contributed by atoms with van der Waals surface area (Å²) in [6, 6.07) is 0. The number of rotatable bonds is 7. The molecule has 3 heteroatoms. The first-order valence-corrected chi connectivity index (χ1v) is 6.05. The van der Waals surface area contributed by atoms with Gasteiger partial charge in [-0.25, -0.2) is 0 Å². The third-order valence-electron chi connectivity index (χ3n) is 3.36. The van der Waals surface area contributed by atoms with Crippen LogP contribution in [0.25, 0.3) is 0 Å². The summed E-state index contributed by atoms with van der Waals surface area (Å²) < 4.78 is 0. The predicted octanol–water partition coefficient (Wildman–Crippen LogP) is 2.41. The Morgan fingerprint density at radius 3 is 2.60 bits per heavy atom. The van der Waals surface area contributed by atoms with Crippen molar-refractivity contribution in [1.29, 1.82) is 0 Å². The quantitative estimate of drug-likeness (QED) is 0.638. The number of carbonyl (C=O) groups is 1. The summed E-state index contributed by atoms with van der Waals surface area (Å²) >= 11 is 0. The lowest BCUT2D eigenvalue weighted by molar-refractivity contribution is -0.137. The van der Waals surface area contributed by atoms with Gasteiger partial charge in [0.25, 0.3) is 0 Å². The second-order valence-electron chi connectivity index (χ2n) is 5.05. The van der Waals surface area contributed by atoms with E-state index in [-0.39, 0.29) is 0 Å². The Morgan fingerprint density at radius 1 is 1.33 bits per heavy atom. The van der Waals surface area contributed by atoms with Crippen LogP contribution >= 0.6 is 0 Å². The largest absolute Gasteiger partial charge is 0.481 e. The van der Waals surface area contributed by atoms with Crippen molar-refractivity contribution in [3.05, 3.63) is 0 Å². The lowest BCUT2D eigenvalue weighted by Gasteiger charge is -2.23. The Kier molecular flexibility index (Phi) is 5.09. The molecule has 1 saturated carbocycles. The molecule has 0 spiro atoms. The fourth-order valence-electron chi connectivity index (χ4n) is 2.32. The van der Waals surface area contributed by atoms with Crippen molar-refractivity contribution in [2.24, 2.45) is 5.41 Å². The second-order valence-corrected chi connectivity index (χ2v) is 5.05. The van der Waals surface area contributed by atoms with E-state index >= 15 is 0 Å². The third kappa shape index (κ3) is 5.17. The van der Waals surface area contributed by atoms with E-state index in [1.54, 1.807) is 0 Å². The minimum absolute atomic E-state index is 0.305. The highest BCUT2D eigenvalue weighted by Crippen LogP contribution is 2.36. The molecule has 0 amide bonds. The van der Waals surface area contributed by atoms with Crippen LogP contribution in [0.1, 0.15) is 51.9 Å². The van der Waals surface area contributed by atoms with Crippen molar-refractivity contribution in [3.8, 4) is 0 Å². The van der Waals surface area contributed by atoms with Crippen molar-refractivity contribution in [3.63, 3.8) is 0 Å². The van der Waals surface area contributed by atoms with E-state index in [9.17, 15) is 4.79 Å². The highest BCUT2D eigenvalue weighted by molar-refractivity contribution is 5.66. The number of hydrogen-bond donors (Lipinski definition) is 2. The summed E-state index contributed by atoms with van der Waals surface area (Å²) in [7, 11) is 0. The molecule has 0 unspecified atom stereocenters. The van der Waals surface area contributed by atoms with Gasteiger partial charge in [0.15, 0.2) is 0 Å². The molecule has 0 saturated heterocycles. The van der Waals surface area contributed by atoms with Crippen LogP contribution in [-0.2, 0) is 4.79 Å². The van der Waals surface area contributed by atoms with Crippen molar-refractivity contribution in [1.82, 2.24) is 5.32 Å². The topological polar surface area (TPSA) is 49.3 Å². The van der Waals surface area contributed by atoms with Crippen LogP contribution in [0.15, 0.2) is 0 Å². The van der Waals surface area contributed by atoms with Crippen LogP contribution in [0.5, 0.6) is 0 Å². The Hall–Kier alpha value is -0.570. The molecule has 0 radical (unpaired) electrons. The van der Waals surface area contributed by atoms with E-state index in [1.807, 2.05) is 0 Å². The van der Waals surface area contributed by atoms with Gasteiger partial charge in [-0.05, 0) is 37.6 Å². The summed E-state index contributed by atoms with van der Waals surface area (Å²) in [6.45, 7) is 4.41. The van der Waals surface area contributed by atoms with Crippen LogP contribution in [0.2, 0.25) is 0 Å². The fourth-order valence-corrected chi connectivity index (χ4v) is 2.32. The number of nitrogens with one attached hydrogen (secondary N) is 1. The molecule has 0 atom stereocenters. The van der Waals surface area contributed by atoms with Crippen LogP contribution in [0.3, 0.4) is 0 Å². The molecule has 2 N–H and O–H groups in total. The number of carboxylic acid groups (broad SMARTS) is 1. The maximum atomic E-state index is 10.3. The second kappa shape index (κ2) is 6.11. The predicted molar refractivity (Wildman–Crippen MR) is 60.9 cm³/mol. The SMILES string of the molecule is CC1(CNCCCCC(=O)O)CCCC1. The maximum absolute atomic E-state index is 10.3. The van der Waals surface area contributed by atoms with E-state index in [0.717, 1.165) is 25.9 Å². The number of unbranched alkanes of at least 4 members (excludes halogenated alkanes) is 1. The van der Waals surface area contributed by atoms with Crippen molar-refractivity contribution in [2.45, 2.75) is 51.9 Å². The van der Waals surface area contributed by atoms with E-state index in [0.29, 0.717) is 11.8 Å². The summed E-state index contributed by atoms with van der Waals surface area (Å²) in [4.78, 5) is 10.3. The van der Waals surface area contributed by atoms with Gasteiger partial charge >= 0.3 is 5.97 Å². The first-order valence-electron chi connectivity index (χ1n) is 6.05. The van der Waals surface area contributed by atoms with Gasteiger partial charge in [0, 0.05) is 13.0 Å². The fraction of sp³-hybridized carbons (Fsp3) is 0.917. The van der Waals surface area contributed by atoms with Crippen LogP contribution < -0.4 is 5.32 Å². The lowest BCUT2D eigenvalue weighted by atomic mass is 9.89. The molecule has 3 nitrogen and oxygen atoms in total. The Morgan fingerprint density at radius 2 is 2.00 bits per heavy atom. The molecule has 0 heterocycles. The van der Waals surface area contributed by atoms with Crippen LogP contribution in [-0.4, -0.2) is 24.2 Å². The van der Waals surface area contributed by atoms with E-state index in [4.69, 9.17) is 5.11 Å². The molecule has 1 aliphatic carbocycles. The molecule has 0 aromatic heterocycles. The minimum atomic E-state index is -0.683. The number of hydrogen-bond acceptors (Lipinski definition) is 2. The molecular weight excluding hydrogens is 190 g/mol. The smallest absolute Gasteiger partial charge is 0.303 e. The van der Waals surface area contributed by atoms with Crippen molar-refractivity contribution < 1.29 is 9.90 Å². The van der Waals surface area contributed by atoms with Crippen LogP contribution in [0, 0.1) is 5.41 Å². The molecular formula is C12H23NO2. The van der Waals surface area contributed by atoms with Gasteiger partial charge in [0.2, 0.25) is 0 Å². The molecule has 0 aromatic rings. The van der Waals surface area contributed by atoms with Gasteiger partial charge in [-0.1, -0.05) is 19.8 Å². The summed E-state index contributed by atoms with van der Waals surface area (Å²) in [6.07, 6.45) is 7.50. The van der Waals surface area contributed by atoms with Gasteiger partial charge in [-0.3, -0.25) is 4.79 Å². The van der Waals surface area contributed by atoms with Gasteiger partial charge in [0.1, 0.15) is 0 Å². The number of aliphatic carboxylic acids is 1. The zero-order chi connectivity index (χ0) is 11.1. The van der Waals surface area contributed by atoms with Gasteiger partial charge in [-0.2, -0.15) is 0 Å². The summed E-state index contributed by atoms with van der Waals surface area (Å²) in [5, 5.41) is 11.9. The van der Waals surface area contributed by atoms with Crippen molar-refractivity contribution in [2.75, 3.05) is 13.1 Å². The zero-order valence-corrected chi connectivity index (χ0v) is 9.72. The first kappa shape index (κ1) is 12.5. The standard InChI is InChI=1S/C12H23NO2/c1-12(7-3-4-8-12)10-13-9-5-2-6-11(14)15/h13H,2-10H2,1H3,(H,14,15). The van der Waals surface area contributed by atoms with E-state index in [1.165, 1.54) is 25.7 Å².